The number of allylic oxidation sites excluding steroid dienone is 8. The molecular weight excluding hydrogens is 238 g/mol. The molecule has 0 radical (unpaired) electrons. The van der Waals surface area contributed by atoms with E-state index in [2.05, 4.69) is 0 Å². The quantitative estimate of drug-likeness (QED) is 0.586. The highest BCUT2D eigenvalue weighted by atomic mass is 35.5. The van der Waals surface area contributed by atoms with Gasteiger partial charge in [-0.1, -0.05) is 58.6 Å². The van der Waals surface area contributed by atoms with Crippen molar-refractivity contribution in [2.45, 2.75) is 0 Å². The van der Waals surface area contributed by atoms with Crippen LogP contribution in [0, 0.1) is 0 Å². The molecule has 0 N–H and O–H groups in total. The SMILES string of the molecule is ClC1=C(Cl)/C(Cl)=C\C=C/C=C\1Cl. The summed E-state index contributed by atoms with van der Waals surface area (Å²) in [6.07, 6.45) is 6.76. The Hall–Kier alpha value is 0.120. The summed E-state index contributed by atoms with van der Waals surface area (Å²) in [4.78, 5) is 0. The predicted molar refractivity (Wildman–Crippen MR) is 55.7 cm³/mol. The van der Waals surface area contributed by atoms with E-state index in [1.165, 1.54) is 0 Å². The smallest absolute Gasteiger partial charge is 0.0793 e. The van der Waals surface area contributed by atoms with Gasteiger partial charge in [-0.15, -0.1) is 0 Å². The van der Waals surface area contributed by atoms with Gasteiger partial charge in [0.1, 0.15) is 0 Å². The third-order valence-corrected chi connectivity index (χ3v) is 2.91. The Morgan fingerprint density at radius 1 is 0.667 bits per heavy atom. The van der Waals surface area contributed by atoms with Gasteiger partial charge in [-0.3, -0.25) is 0 Å². The number of rotatable bonds is 0. The van der Waals surface area contributed by atoms with E-state index in [1.54, 1.807) is 24.3 Å². The molecule has 0 unspecified atom stereocenters. The van der Waals surface area contributed by atoms with Crippen LogP contribution >= 0.6 is 46.4 Å². The second-order valence-electron chi connectivity index (χ2n) is 2.04. The predicted octanol–water partition coefficient (Wildman–Crippen LogP) is 4.49. The van der Waals surface area contributed by atoms with Crippen LogP contribution in [-0.4, -0.2) is 0 Å². The van der Waals surface area contributed by atoms with Crippen LogP contribution in [0.4, 0.5) is 0 Å². The van der Waals surface area contributed by atoms with Crippen molar-refractivity contribution in [2.24, 2.45) is 0 Å². The molecule has 0 bridgehead atoms. The van der Waals surface area contributed by atoms with Crippen LogP contribution in [0.1, 0.15) is 0 Å². The maximum atomic E-state index is 5.78. The first-order valence-electron chi connectivity index (χ1n) is 3.08. The molecule has 0 amide bonds. The van der Waals surface area contributed by atoms with E-state index >= 15 is 0 Å². The van der Waals surface area contributed by atoms with Crippen molar-refractivity contribution in [1.82, 2.24) is 0 Å². The molecule has 1 rings (SSSR count). The Balaban J connectivity index is 3.18. The lowest BCUT2D eigenvalue weighted by molar-refractivity contribution is 1.66. The first-order valence-corrected chi connectivity index (χ1v) is 4.60. The fourth-order valence-electron chi connectivity index (χ4n) is 0.636. The van der Waals surface area contributed by atoms with Crippen molar-refractivity contribution in [3.63, 3.8) is 0 Å². The van der Waals surface area contributed by atoms with E-state index in [-0.39, 0.29) is 10.1 Å². The van der Waals surface area contributed by atoms with Gasteiger partial charge in [-0.25, -0.2) is 0 Å². The Morgan fingerprint density at radius 3 is 1.33 bits per heavy atom. The average Bonchev–Trinajstić information content (AvgIpc) is 2.07. The van der Waals surface area contributed by atoms with Crippen molar-refractivity contribution >= 4 is 46.4 Å². The lowest BCUT2D eigenvalue weighted by Gasteiger charge is -2.02. The largest absolute Gasteiger partial charge is 0.0827 e. The molecule has 0 aromatic rings. The second-order valence-corrected chi connectivity index (χ2v) is 3.61. The minimum atomic E-state index is 0.268. The van der Waals surface area contributed by atoms with Gasteiger partial charge in [-0.2, -0.15) is 0 Å². The van der Waals surface area contributed by atoms with E-state index in [1.807, 2.05) is 0 Å². The van der Waals surface area contributed by atoms with E-state index in [9.17, 15) is 0 Å². The summed E-state index contributed by atoms with van der Waals surface area (Å²) in [7, 11) is 0. The molecule has 1 aliphatic rings. The maximum Gasteiger partial charge on any atom is 0.0793 e. The number of halogens is 4. The molecule has 0 nitrogen and oxygen atoms in total. The van der Waals surface area contributed by atoms with Gasteiger partial charge in [0.2, 0.25) is 0 Å². The van der Waals surface area contributed by atoms with Gasteiger partial charge in [0.05, 0.1) is 20.1 Å². The molecule has 1 aliphatic carbocycles. The fourth-order valence-corrected chi connectivity index (χ4v) is 1.40. The molecule has 0 saturated heterocycles. The van der Waals surface area contributed by atoms with Crippen LogP contribution < -0.4 is 0 Å². The Labute approximate surface area is 90.7 Å². The van der Waals surface area contributed by atoms with Gasteiger partial charge in [-0.05, 0) is 12.2 Å². The Bertz CT molecular complexity index is 277. The zero-order valence-corrected chi connectivity index (χ0v) is 8.84. The van der Waals surface area contributed by atoms with Gasteiger partial charge in [0.25, 0.3) is 0 Å². The van der Waals surface area contributed by atoms with E-state index in [4.69, 9.17) is 46.4 Å². The fraction of sp³-hybridized carbons (Fsp3) is 0. The van der Waals surface area contributed by atoms with Gasteiger partial charge < -0.3 is 0 Å². The summed E-state index contributed by atoms with van der Waals surface area (Å²) in [5.41, 5.74) is 0. The zero-order valence-electron chi connectivity index (χ0n) is 5.82. The molecular formula is C8H4Cl4. The van der Waals surface area contributed by atoms with Crippen LogP contribution in [-0.2, 0) is 0 Å². The molecule has 0 fully saturated rings. The van der Waals surface area contributed by atoms with Crippen LogP contribution in [0.25, 0.3) is 0 Å². The molecule has 0 atom stereocenters. The molecule has 4 heteroatoms. The van der Waals surface area contributed by atoms with Crippen molar-refractivity contribution in [1.29, 1.82) is 0 Å². The summed E-state index contributed by atoms with van der Waals surface area (Å²) >= 11 is 23.1. The van der Waals surface area contributed by atoms with Crippen molar-refractivity contribution < 1.29 is 0 Å². The van der Waals surface area contributed by atoms with Crippen LogP contribution in [0.5, 0.6) is 0 Å². The highest BCUT2D eigenvalue weighted by Gasteiger charge is 2.09. The zero-order chi connectivity index (χ0) is 9.14. The lowest BCUT2D eigenvalue weighted by Crippen LogP contribution is -1.82. The normalized spacial score (nSPS) is 35.7. The molecule has 64 valence electrons. The first kappa shape index (κ1) is 10.2. The molecule has 0 aromatic carbocycles. The Kier molecular flexibility index (Phi) is 3.73. The highest BCUT2D eigenvalue weighted by Crippen LogP contribution is 2.32. The summed E-state index contributed by atoms with van der Waals surface area (Å²) in [6, 6.07) is 0. The highest BCUT2D eigenvalue weighted by molar-refractivity contribution is 6.52. The molecule has 0 aliphatic heterocycles. The minimum absolute atomic E-state index is 0.268. The lowest BCUT2D eigenvalue weighted by atomic mass is 10.3. The Morgan fingerprint density at radius 2 is 1.00 bits per heavy atom. The van der Waals surface area contributed by atoms with E-state index < -0.39 is 0 Å². The molecule has 0 heterocycles. The van der Waals surface area contributed by atoms with Crippen LogP contribution in [0.2, 0.25) is 0 Å². The van der Waals surface area contributed by atoms with Crippen LogP contribution in [0.15, 0.2) is 44.4 Å². The third kappa shape index (κ3) is 2.30. The number of hydrogen-bond donors (Lipinski definition) is 0. The van der Waals surface area contributed by atoms with Gasteiger partial charge in [0, 0.05) is 0 Å². The van der Waals surface area contributed by atoms with E-state index in [0.29, 0.717) is 10.1 Å². The molecule has 0 aromatic heterocycles. The van der Waals surface area contributed by atoms with Crippen molar-refractivity contribution in [2.75, 3.05) is 0 Å². The minimum Gasteiger partial charge on any atom is -0.0827 e. The molecule has 0 spiro atoms. The van der Waals surface area contributed by atoms with Gasteiger partial charge in [0.15, 0.2) is 0 Å². The standard InChI is InChI=1S/C8H4Cl4/c9-5-3-1-2-4-6(10)8(12)7(5)11/h1-4H/b2-1-,3-1?,4-2?,5-3+,6-4+,7-5?,8-6?,8-7-. The number of hydrogen-bond acceptors (Lipinski definition) is 0. The first-order chi connectivity index (χ1) is 5.63. The van der Waals surface area contributed by atoms with E-state index in [0.717, 1.165) is 0 Å². The topological polar surface area (TPSA) is 0 Å². The second kappa shape index (κ2) is 4.38. The van der Waals surface area contributed by atoms with Crippen LogP contribution in [0.3, 0.4) is 0 Å². The summed E-state index contributed by atoms with van der Waals surface area (Å²) in [6.45, 7) is 0. The maximum absolute atomic E-state index is 5.78. The molecule has 12 heavy (non-hydrogen) atoms. The summed E-state index contributed by atoms with van der Waals surface area (Å²) < 4.78 is 0. The van der Waals surface area contributed by atoms with Crippen molar-refractivity contribution in [3.8, 4) is 0 Å². The van der Waals surface area contributed by atoms with Crippen molar-refractivity contribution in [3.05, 3.63) is 44.4 Å². The third-order valence-electron chi connectivity index (χ3n) is 1.21. The summed E-state index contributed by atoms with van der Waals surface area (Å²) in [5, 5.41) is 1.29. The summed E-state index contributed by atoms with van der Waals surface area (Å²) in [5.74, 6) is 0. The monoisotopic (exact) mass is 240 g/mol. The molecule has 0 saturated carbocycles. The van der Waals surface area contributed by atoms with Gasteiger partial charge >= 0.3 is 0 Å². The average molecular weight is 242 g/mol.